The number of nitrogens with one attached hydrogen (secondary N) is 1. The summed E-state index contributed by atoms with van der Waals surface area (Å²) < 4.78 is 25.8. The van der Waals surface area contributed by atoms with Gasteiger partial charge in [-0.2, -0.15) is 5.10 Å². The molecule has 36 heavy (non-hydrogen) atoms. The summed E-state index contributed by atoms with van der Waals surface area (Å²) in [5, 5.41) is 38.5. The minimum absolute atomic E-state index is 0.0841. The summed E-state index contributed by atoms with van der Waals surface area (Å²) in [6.07, 6.45) is -1.30. The fourth-order valence-corrected chi connectivity index (χ4v) is 7.55. The number of amides is 1. The lowest BCUT2D eigenvalue weighted by Gasteiger charge is -2.38. The highest BCUT2D eigenvalue weighted by atomic mass is 35.5. The molecule has 0 bridgehead atoms. The number of aryl methyl sites for hydroxylation is 1. The van der Waals surface area contributed by atoms with Crippen molar-refractivity contribution in [1.82, 2.24) is 20.0 Å². The fraction of sp³-hybridized carbons (Fsp3) is 0.583. The molecule has 2 atom stereocenters. The lowest BCUT2D eigenvalue weighted by Crippen LogP contribution is -2.54. The smallest absolute Gasteiger partial charge is 0.272 e. The molecule has 10 nitrogen and oxygen atoms in total. The number of halogens is 1. The normalized spacial score (nSPS) is 20.6. The number of benzene rings is 1. The van der Waals surface area contributed by atoms with Gasteiger partial charge in [-0.25, -0.2) is 8.42 Å². The van der Waals surface area contributed by atoms with Gasteiger partial charge in [0.2, 0.25) is 0 Å². The second-order valence-corrected chi connectivity index (χ2v) is 13.6. The van der Waals surface area contributed by atoms with E-state index in [1.54, 1.807) is 24.1 Å². The van der Waals surface area contributed by atoms with E-state index in [1.165, 1.54) is 18.5 Å². The summed E-state index contributed by atoms with van der Waals surface area (Å²) in [6.45, 7) is 2.91. The molecule has 1 aromatic carbocycles. The minimum atomic E-state index is -3.85. The van der Waals surface area contributed by atoms with E-state index < -0.39 is 38.3 Å². The summed E-state index contributed by atoms with van der Waals surface area (Å²) in [5.41, 5.74) is 2.22. The van der Waals surface area contributed by atoms with Crippen LogP contribution in [0.5, 0.6) is 0 Å². The first kappa shape index (κ1) is 27.0. The van der Waals surface area contributed by atoms with Crippen LogP contribution < -0.4 is 5.32 Å². The number of aliphatic hydroxyl groups excluding tert-OH is 3. The molecule has 2 aromatic rings. The van der Waals surface area contributed by atoms with E-state index in [4.69, 9.17) is 11.6 Å². The fourth-order valence-electron chi connectivity index (χ4n) is 4.90. The third-order valence-corrected chi connectivity index (χ3v) is 11.1. The molecule has 1 aliphatic carbocycles. The van der Waals surface area contributed by atoms with Crippen molar-refractivity contribution in [1.29, 1.82) is 0 Å². The zero-order valence-corrected chi connectivity index (χ0v) is 22.2. The molecule has 2 unspecified atom stereocenters. The van der Waals surface area contributed by atoms with E-state index >= 15 is 0 Å². The SMILES string of the molecule is Cn1nc(C(=O)NCc2ccc(Cl)cc2)c2c1C(O)N(CC1(S(=O)(=O)C(C)(C)C(O)CO)CC1)CC2. The molecule has 1 aliphatic heterocycles. The van der Waals surface area contributed by atoms with Crippen molar-refractivity contribution in [2.24, 2.45) is 7.05 Å². The van der Waals surface area contributed by atoms with Gasteiger partial charge in [-0.3, -0.25) is 14.4 Å². The molecule has 12 heteroatoms. The molecule has 2 aliphatic rings. The molecule has 0 spiro atoms. The van der Waals surface area contributed by atoms with E-state index in [9.17, 15) is 28.5 Å². The van der Waals surface area contributed by atoms with Crippen LogP contribution in [0, 0.1) is 0 Å². The van der Waals surface area contributed by atoms with Crippen molar-refractivity contribution >= 4 is 27.3 Å². The number of nitrogens with zero attached hydrogens (tertiary/aromatic N) is 3. The maximum absolute atomic E-state index is 13.5. The van der Waals surface area contributed by atoms with Crippen molar-refractivity contribution in [3.05, 3.63) is 51.8 Å². The number of hydrogen-bond donors (Lipinski definition) is 4. The van der Waals surface area contributed by atoms with E-state index in [1.807, 2.05) is 12.1 Å². The van der Waals surface area contributed by atoms with Crippen molar-refractivity contribution in [3.8, 4) is 0 Å². The molecule has 1 saturated carbocycles. The Hall–Kier alpha value is -2.02. The molecule has 198 valence electrons. The first-order valence-corrected chi connectivity index (χ1v) is 13.7. The van der Waals surface area contributed by atoms with Crippen LogP contribution in [0.25, 0.3) is 0 Å². The summed E-state index contributed by atoms with van der Waals surface area (Å²) in [4.78, 5) is 14.6. The first-order chi connectivity index (χ1) is 16.8. The van der Waals surface area contributed by atoms with Gasteiger partial charge >= 0.3 is 0 Å². The lowest BCUT2D eigenvalue weighted by molar-refractivity contribution is -0.0138. The van der Waals surface area contributed by atoms with Gasteiger partial charge in [0.25, 0.3) is 5.91 Å². The Labute approximate surface area is 215 Å². The zero-order valence-electron chi connectivity index (χ0n) is 20.6. The number of fused-ring (bicyclic) bond motifs is 1. The van der Waals surface area contributed by atoms with Crippen molar-refractivity contribution in [3.63, 3.8) is 0 Å². The summed E-state index contributed by atoms with van der Waals surface area (Å²) in [7, 11) is -2.21. The van der Waals surface area contributed by atoms with Crippen LogP contribution in [0.4, 0.5) is 0 Å². The van der Waals surface area contributed by atoms with Gasteiger partial charge in [-0.15, -0.1) is 0 Å². The molecular weight excluding hydrogens is 508 g/mol. The highest BCUT2D eigenvalue weighted by Gasteiger charge is 2.62. The largest absolute Gasteiger partial charge is 0.394 e. The molecule has 0 radical (unpaired) electrons. The van der Waals surface area contributed by atoms with Crippen LogP contribution in [0.15, 0.2) is 24.3 Å². The van der Waals surface area contributed by atoms with Crippen molar-refractivity contribution in [2.75, 3.05) is 19.7 Å². The van der Waals surface area contributed by atoms with E-state index in [-0.39, 0.29) is 18.1 Å². The second-order valence-electron chi connectivity index (χ2n) is 10.2. The monoisotopic (exact) mass is 540 g/mol. The van der Waals surface area contributed by atoms with Gasteiger partial charge in [-0.1, -0.05) is 23.7 Å². The molecule has 0 saturated heterocycles. The number of hydrogen-bond acceptors (Lipinski definition) is 8. The third-order valence-electron chi connectivity index (χ3n) is 7.55. The van der Waals surface area contributed by atoms with E-state index in [2.05, 4.69) is 10.4 Å². The maximum Gasteiger partial charge on any atom is 0.272 e. The molecule has 1 fully saturated rings. The average molecular weight is 541 g/mol. The Morgan fingerprint density at radius 3 is 2.53 bits per heavy atom. The maximum atomic E-state index is 13.5. The minimum Gasteiger partial charge on any atom is -0.394 e. The number of carbonyl (C=O) groups is 1. The van der Waals surface area contributed by atoms with Crippen LogP contribution in [-0.2, 0) is 29.9 Å². The Morgan fingerprint density at radius 1 is 1.31 bits per heavy atom. The number of aliphatic hydroxyl groups is 3. The predicted octanol–water partition coefficient (Wildman–Crippen LogP) is 0.932. The predicted molar refractivity (Wildman–Crippen MR) is 134 cm³/mol. The van der Waals surface area contributed by atoms with Gasteiger partial charge in [0.05, 0.1) is 27.9 Å². The Kier molecular flexibility index (Phi) is 7.28. The zero-order chi connectivity index (χ0) is 26.5. The van der Waals surface area contributed by atoms with E-state index in [0.717, 1.165) is 5.56 Å². The topological polar surface area (TPSA) is 145 Å². The Balaban J connectivity index is 1.50. The standard InChI is InChI=1S/C24H33ClN4O6S/c1-23(2,18(31)13-30)36(34,35)24(9-10-24)14-29-11-8-17-19(27-28(3)20(17)22(29)33)21(32)26-12-15-4-6-16(25)7-5-15/h4-7,18,22,30-31,33H,8-14H2,1-3H3,(H,26,32). The number of sulfone groups is 1. The van der Waals surface area contributed by atoms with Gasteiger partial charge in [0.1, 0.15) is 0 Å². The molecular formula is C24H33ClN4O6S. The number of aromatic nitrogens is 2. The first-order valence-electron chi connectivity index (χ1n) is 11.9. The van der Waals surface area contributed by atoms with Gasteiger partial charge < -0.3 is 20.6 Å². The number of carbonyl (C=O) groups excluding carboxylic acids is 1. The average Bonchev–Trinajstić information content (AvgIpc) is 3.56. The lowest BCUT2D eigenvalue weighted by atomic mass is 10.0. The Bertz CT molecular complexity index is 1240. The van der Waals surface area contributed by atoms with E-state index in [0.29, 0.717) is 48.6 Å². The van der Waals surface area contributed by atoms with Crippen LogP contribution in [0.1, 0.15) is 60.2 Å². The highest BCUT2D eigenvalue weighted by Crippen LogP contribution is 2.50. The van der Waals surface area contributed by atoms with Gasteiger partial charge in [-0.05, 0) is 50.8 Å². The molecule has 1 amide bonds. The van der Waals surface area contributed by atoms with Crippen LogP contribution in [0.3, 0.4) is 0 Å². The van der Waals surface area contributed by atoms with Gasteiger partial charge in [0.15, 0.2) is 21.8 Å². The molecule has 1 aromatic heterocycles. The quantitative estimate of drug-likeness (QED) is 0.367. The Morgan fingerprint density at radius 2 is 1.94 bits per heavy atom. The van der Waals surface area contributed by atoms with Crippen LogP contribution in [-0.4, -0.2) is 79.6 Å². The summed E-state index contributed by atoms with van der Waals surface area (Å²) in [6, 6.07) is 7.13. The second kappa shape index (κ2) is 9.70. The summed E-state index contributed by atoms with van der Waals surface area (Å²) >= 11 is 5.91. The molecule has 4 rings (SSSR count). The molecule has 4 N–H and O–H groups in total. The highest BCUT2D eigenvalue weighted by molar-refractivity contribution is 7.94. The van der Waals surface area contributed by atoms with Crippen LogP contribution in [0.2, 0.25) is 5.02 Å². The third kappa shape index (κ3) is 4.57. The van der Waals surface area contributed by atoms with Gasteiger partial charge in [0, 0.05) is 37.3 Å². The van der Waals surface area contributed by atoms with Crippen LogP contribution >= 0.6 is 11.6 Å². The number of rotatable bonds is 9. The van der Waals surface area contributed by atoms with Crippen molar-refractivity contribution < 1.29 is 28.5 Å². The summed E-state index contributed by atoms with van der Waals surface area (Å²) in [5.74, 6) is -0.358. The van der Waals surface area contributed by atoms with Crippen molar-refractivity contribution in [2.45, 2.75) is 61.5 Å². The molecule has 2 heterocycles.